The summed E-state index contributed by atoms with van der Waals surface area (Å²) in [5.74, 6) is -0.389. The molecule has 2 aromatic rings. The summed E-state index contributed by atoms with van der Waals surface area (Å²) in [6.07, 6.45) is 0. The first-order valence-corrected chi connectivity index (χ1v) is 6.57. The van der Waals surface area contributed by atoms with Gasteiger partial charge in [0.1, 0.15) is 5.76 Å². The van der Waals surface area contributed by atoms with E-state index in [9.17, 15) is 4.79 Å². The molecule has 0 aliphatic heterocycles. The molecule has 1 aromatic carbocycles. The predicted octanol–water partition coefficient (Wildman–Crippen LogP) is 3.48. The summed E-state index contributed by atoms with van der Waals surface area (Å²) in [6, 6.07) is 11.5. The lowest BCUT2D eigenvalue weighted by molar-refractivity contribution is 0.0656. The summed E-state index contributed by atoms with van der Waals surface area (Å²) >= 11 is 0. The van der Waals surface area contributed by atoms with E-state index in [1.165, 1.54) is 17.2 Å². The van der Waals surface area contributed by atoms with Crippen LogP contribution in [0.3, 0.4) is 0 Å². The topological polar surface area (TPSA) is 53.7 Å². The zero-order chi connectivity index (χ0) is 14.7. The Kier molecular flexibility index (Phi) is 4.25. The van der Waals surface area contributed by atoms with Crippen LogP contribution in [0.25, 0.3) is 0 Å². The number of nitrogens with zero attached hydrogens (tertiary/aromatic N) is 1. The van der Waals surface area contributed by atoms with Crippen LogP contribution in [0.1, 0.15) is 40.4 Å². The van der Waals surface area contributed by atoms with E-state index < -0.39 is 5.97 Å². The molecular weight excluding hydrogens is 254 g/mol. The van der Waals surface area contributed by atoms with E-state index in [1.807, 2.05) is 26.1 Å². The van der Waals surface area contributed by atoms with E-state index in [0.717, 1.165) is 6.54 Å². The highest BCUT2D eigenvalue weighted by molar-refractivity contribution is 5.84. The van der Waals surface area contributed by atoms with Crippen LogP contribution in [0.4, 0.5) is 0 Å². The third-order valence-electron chi connectivity index (χ3n) is 3.59. The SMILES string of the molecule is Cc1ccccc1CN(C)C(C)c1ccc(C(=O)O)o1. The van der Waals surface area contributed by atoms with Crippen molar-refractivity contribution < 1.29 is 14.3 Å². The number of furan rings is 1. The third kappa shape index (κ3) is 3.08. The van der Waals surface area contributed by atoms with E-state index >= 15 is 0 Å². The van der Waals surface area contributed by atoms with Crippen molar-refractivity contribution in [2.75, 3.05) is 7.05 Å². The van der Waals surface area contributed by atoms with Crippen molar-refractivity contribution in [2.24, 2.45) is 0 Å². The second-order valence-electron chi connectivity index (χ2n) is 5.02. The Morgan fingerprint density at radius 2 is 2.00 bits per heavy atom. The molecule has 0 aliphatic rings. The average Bonchev–Trinajstić information content (AvgIpc) is 2.90. The quantitative estimate of drug-likeness (QED) is 0.906. The molecule has 0 bridgehead atoms. The highest BCUT2D eigenvalue weighted by Gasteiger charge is 2.18. The number of hydrogen-bond acceptors (Lipinski definition) is 3. The smallest absolute Gasteiger partial charge is 0.371 e. The number of aromatic carboxylic acids is 1. The van der Waals surface area contributed by atoms with Gasteiger partial charge >= 0.3 is 5.97 Å². The van der Waals surface area contributed by atoms with Crippen LogP contribution in [0.5, 0.6) is 0 Å². The Morgan fingerprint density at radius 1 is 1.30 bits per heavy atom. The summed E-state index contributed by atoms with van der Waals surface area (Å²) < 4.78 is 5.35. The fourth-order valence-corrected chi connectivity index (χ4v) is 2.10. The number of hydrogen-bond donors (Lipinski definition) is 1. The summed E-state index contributed by atoms with van der Waals surface area (Å²) in [5, 5.41) is 8.88. The molecule has 0 amide bonds. The minimum Gasteiger partial charge on any atom is -0.475 e. The highest BCUT2D eigenvalue weighted by Crippen LogP contribution is 2.23. The summed E-state index contributed by atoms with van der Waals surface area (Å²) in [5.41, 5.74) is 2.50. The van der Waals surface area contributed by atoms with Gasteiger partial charge in [-0.2, -0.15) is 0 Å². The molecule has 1 heterocycles. The van der Waals surface area contributed by atoms with Gasteiger partial charge in [0, 0.05) is 6.54 Å². The molecule has 0 saturated carbocycles. The number of rotatable bonds is 5. The maximum Gasteiger partial charge on any atom is 0.371 e. The lowest BCUT2D eigenvalue weighted by atomic mass is 10.1. The van der Waals surface area contributed by atoms with Crippen LogP contribution in [0, 0.1) is 6.92 Å². The second kappa shape index (κ2) is 5.92. The Balaban J connectivity index is 2.10. The molecule has 20 heavy (non-hydrogen) atoms. The van der Waals surface area contributed by atoms with Crippen LogP contribution < -0.4 is 0 Å². The van der Waals surface area contributed by atoms with Crippen LogP contribution in [-0.2, 0) is 6.54 Å². The van der Waals surface area contributed by atoms with E-state index in [1.54, 1.807) is 6.07 Å². The van der Waals surface area contributed by atoms with Crippen molar-refractivity contribution in [3.8, 4) is 0 Å². The first-order valence-electron chi connectivity index (χ1n) is 6.57. The highest BCUT2D eigenvalue weighted by atomic mass is 16.4. The number of aryl methyl sites for hydroxylation is 1. The van der Waals surface area contributed by atoms with Crippen molar-refractivity contribution >= 4 is 5.97 Å². The van der Waals surface area contributed by atoms with Gasteiger partial charge in [0.2, 0.25) is 5.76 Å². The lowest BCUT2D eigenvalue weighted by Gasteiger charge is -2.23. The standard InChI is InChI=1S/C16H19NO3/c1-11-6-4-5-7-13(11)10-17(3)12(2)14-8-9-15(20-14)16(18)19/h4-9,12H,10H2,1-3H3,(H,18,19). The molecule has 1 N–H and O–H groups in total. The second-order valence-corrected chi connectivity index (χ2v) is 5.02. The molecule has 0 saturated heterocycles. The van der Waals surface area contributed by atoms with Gasteiger partial charge in [-0.25, -0.2) is 4.79 Å². The van der Waals surface area contributed by atoms with Crippen molar-refractivity contribution in [3.05, 3.63) is 59.0 Å². The van der Waals surface area contributed by atoms with Gasteiger partial charge < -0.3 is 9.52 Å². The average molecular weight is 273 g/mol. The number of benzene rings is 1. The van der Waals surface area contributed by atoms with Crippen LogP contribution in [0.15, 0.2) is 40.8 Å². The predicted molar refractivity (Wildman–Crippen MR) is 76.7 cm³/mol. The normalized spacial score (nSPS) is 12.6. The third-order valence-corrected chi connectivity index (χ3v) is 3.59. The molecule has 0 fully saturated rings. The zero-order valence-corrected chi connectivity index (χ0v) is 12.0. The maximum absolute atomic E-state index is 10.8. The van der Waals surface area contributed by atoms with Crippen molar-refractivity contribution in [1.29, 1.82) is 0 Å². The Bertz CT molecular complexity index is 603. The van der Waals surface area contributed by atoms with Gasteiger partial charge in [0.25, 0.3) is 0 Å². The first kappa shape index (κ1) is 14.3. The van der Waals surface area contributed by atoms with Crippen molar-refractivity contribution in [2.45, 2.75) is 26.4 Å². The largest absolute Gasteiger partial charge is 0.475 e. The van der Waals surface area contributed by atoms with Gasteiger partial charge in [-0.05, 0) is 44.2 Å². The summed E-state index contributed by atoms with van der Waals surface area (Å²) in [4.78, 5) is 13.0. The molecule has 0 aliphatic carbocycles. The minimum atomic E-state index is -1.04. The number of carbonyl (C=O) groups is 1. The van der Waals surface area contributed by atoms with Crippen LogP contribution in [-0.4, -0.2) is 23.0 Å². The number of carboxylic acids is 1. The molecule has 1 atom stereocenters. The van der Waals surface area contributed by atoms with Gasteiger partial charge in [-0.15, -0.1) is 0 Å². The van der Waals surface area contributed by atoms with Crippen LogP contribution >= 0.6 is 0 Å². The fourth-order valence-electron chi connectivity index (χ4n) is 2.10. The molecule has 0 radical (unpaired) electrons. The Hall–Kier alpha value is -2.07. The molecular formula is C16H19NO3. The van der Waals surface area contributed by atoms with E-state index in [4.69, 9.17) is 9.52 Å². The van der Waals surface area contributed by atoms with E-state index in [-0.39, 0.29) is 11.8 Å². The molecule has 1 unspecified atom stereocenters. The molecule has 0 spiro atoms. The van der Waals surface area contributed by atoms with Gasteiger partial charge in [0.15, 0.2) is 0 Å². The fraction of sp³-hybridized carbons (Fsp3) is 0.312. The minimum absolute atomic E-state index is 0.0164. The molecule has 106 valence electrons. The van der Waals surface area contributed by atoms with E-state index in [0.29, 0.717) is 5.76 Å². The monoisotopic (exact) mass is 273 g/mol. The molecule has 1 aromatic heterocycles. The van der Waals surface area contributed by atoms with Gasteiger partial charge in [-0.1, -0.05) is 24.3 Å². The Morgan fingerprint density at radius 3 is 2.60 bits per heavy atom. The van der Waals surface area contributed by atoms with Crippen molar-refractivity contribution in [3.63, 3.8) is 0 Å². The first-order chi connectivity index (χ1) is 9.49. The molecule has 2 rings (SSSR count). The number of carboxylic acid groups (broad SMARTS) is 1. The zero-order valence-electron chi connectivity index (χ0n) is 12.0. The Labute approximate surface area is 118 Å². The van der Waals surface area contributed by atoms with Crippen molar-refractivity contribution in [1.82, 2.24) is 4.90 Å². The lowest BCUT2D eigenvalue weighted by Crippen LogP contribution is -2.22. The maximum atomic E-state index is 10.8. The van der Waals surface area contributed by atoms with E-state index in [2.05, 4.69) is 24.0 Å². The molecule has 4 heteroatoms. The molecule has 4 nitrogen and oxygen atoms in total. The van der Waals surface area contributed by atoms with Gasteiger partial charge in [-0.3, -0.25) is 4.90 Å². The van der Waals surface area contributed by atoms with Crippen LogP contribution in [0.2, 0.25) is 0 Å². The summed E-state index contributed by atoms with van der Waals surface area (Å²) in [6.45, 7) is 4.88. The van der Waals surface area contributed by atoms with Gasteiger partial charge in [0.05, 0.1) is 6.04 Å². The summed E-state index contributed by atoms with van der Waals surface area (Å²) in [7, 11) is 2.00.